The van der Waals surface area contributed by atoms with E-state index in [-0.39, 0.29) is 27.5 Å². The lowest BCUT2D eigenvalue weighted by Crippen LogP contribution is -2.10. The van der Waals surface area contributed by atoms with Gasteiger partial charge in [0.15, 0.2) is 21.5 Å². The van der Waals surface area contributed by atoms with Crippen LogP contribution in [0.15, 0.2) is 83.4 Å². The summed E-state index contributed by atoms with van der Waals surface area (Å²) in [6.07, 6.45) is -0.817. The SMILES string of the molecule is CCS(=O)(=O)c1cccnc1-n1cc2cnc(C(F)(F)F)cc2n1.CCSc1cccnc1-n1cc2cnc(C(F)(F)F)cc2n1. The minimum Gasteiger partial charge on any atom is -0.251 e. The molecule has 46 heavy (non-hydrogen) atoms. The van der Waals surface area contributed by atoms with Gasteiger partial charge in [-0.2, -0.15) is 36.5 Å². The van der Waals surface area contributed by atoms with Crippen LogP contribution >= 0.6 is 11.8 Å². The Morgan fingerprint density at radius 3 is 1.74 bits per heavy atom. The first-order chi connectivity index (χ1) is 21.7. The maximum absolute atomic E-state index is 12.7. The van der Waals surface area contributed by atoms with E-state index in [4.69, 9.17) is 0 Å². The second-order valence-electron chi connectivity index (χ2n) is 9.39. The number of aromatic nitrogens is 8. The fraction of sp³-hybridized carbons (Fsp3) is 0.214. The highest BCUT2D eigenvalue weighted by molar-refractivity contribution is 7.99. The van der Waals surface area contributed by atoms with Crippen LogP contribution in [-0.4, -0.2) is 59.4 Å². The molecule has 0 bridgehead atoms. The van der Waals surface area contributed by atoms with Crippen molar-refractivity contribution >= 4 is 43.4 Å². The summed E-state index contributed by atoms with van der Waals surface area (Å²) in [7, 11) is -3.56. The lowest BCUT2D eigenvalue weighted by atomic mass is 10.3. The summed E-state index contributed by atoms with van der Waals surface area (Å²) in [6.45, 7) is 3.51. The average molecular weight is 681 g/mol. The summed E-state index contributed by atoms with van der Waals surface area (Å²) in [5, 5.41) is 9.09. The molecule has 0 aliphatic carbocycles. The molecule has 240 valence electrons. The predicted molar refractivity (Wildman–Crippen MR) is 157 cm³/mol. The van der Waals surface area contributed by atoms with Crippen molar-refractivity contribution in [2.24, 2.45) is 0 Å². The van der Waals surface area contributed by atoms with Crippen LogP contribution in [0, 0.1) is 0 Å². The number of alkyl halides is 6. The van der Waals surface area contributed by atoms with Gasteiger partial charge in [0.25, 0.3) is 0 Å². The Balaban J connectivity index is 0.000000182. The van der Waals surface area contributed by atoms with Crippen molar-refractivity contribution in [2.75, 3.05) is 11.5 Å². The molecule has 6 rings (SSSR count). The van der Waals surface area contributed by atoms with Crippen molar-refractivity contribution in [2.45, 2.75) is 36.0 Å². The normalized spacial score (nSPS) is 12.3. The van der Waals surface area contributed by atoms with E-state index < -0.39 is 33.6 Å². The van der Waals surface area contributed by atoms with Gasteiger partial charge in [0, 0.05) is 48.0 Å². The van der Waals surface area contributed by atoms with Gasteiger partial charge in [-0.25, -0.2) is 27.7 Å². The number of hydrogen-bond donors (Lipinski definition) is 0. The van der Waals surface area contributed by atoms with E-state index >= 15 is 0 Å². The Kier molecular flexibility index (Phi) is 9.03. The zero-order chi connectivity index (χ0) is 33.3. The third-order valence-electron chi connectivity index (χ3n) is 6.31. The quantitative estimate of drug-likeness (QED) is 0.142. The molecular formula is C28H22F6N8O2S2. The van der Waals surface area contributed by atoms with Crippen molar-refractivity contribution in [3.05, 3.63) is 85.0 Å². The van der Waals surface area contributed by atoms with Gasteiger partial charge < -0.3 is 0 Å². The van der Waals surface area contributed by atoms with E-state index in [1.807, 2.05) is 19.1 Å². The fourth-order valence-electron chi connectivity index (χ4n) is 4.14. The fourth-order valence-corrected chi connectivity index (χ4v) is 5.92. The topological polar surface area (TPSA) is 121 Å². The second kappa shape index (κ2) is 12.7. The van der Waals surface area contributed by atoms with E-state index in [9.17, 15) is 34.8 Å². The Labute approximate surface area is 261 Å². The maximum atomic E-state index is 12.7. The van der Waals surface area contributed by atoms with Crippen LogP contribution in [0.3, 0.4) is 0 Å². The number of hydrogen-bond acceptors (Lipinski definition) is 9. The highest BCUT2D eigenvalue weighted by atomic mass is 32.2. The molecule has 0 aliphatic rings. The summed E-state index contributed by atoms with van der Waals surface area (Å²) in [5.41, 5.74) is -1.74. The van der Waals surface area contributed by atoms with Crippen LogP contribution in [-0.2, 0) is 22.2 Å². The molecule has 0 spiro atoms. The molecule has 0 radical (unpaired) electrons. The average Bonchev–Trinajstić information content (AvgIpc) is 3.65. The van der Waals surface area contributed by atoms with Gasteiger partial charge in [-0.05, 0) is 42.2 Å². The lowest BCUT2D eigenvalue weighted by molar-refractivity contribution is -0.141. The Morgan fingerprint density at radius 2 is 1.24 bits per heavy atom. The number of fused-ring (bicyclic) bond motifs is 2. The van der Waals surface area contributed by atoms with E-state index in [0.29, 0.717) is 16.6 Å². The van der Waals surface area contributed by atoms with Crippen molar-refractivity contribution in [3.8, 4) is 11.6 Å². The Hall–Kier alpha value is -4.58. The third-order valence-corrected chi connectivity index (χ3v) is 8.98. The number of rotatable bonds is 6. The number of thioether (sulfide) groups is 1. The van der Waals surface area contributed by atoms with Gasteiger partial charge in [0.2, 0.25) is 0 Å². The molecule has 0 saturated carbocycles. The molecule has 6 aromatic rings. The minimum atomic E-state index is -4.58. The first kappa shape index (κ1) is 32.8. The molecule has 0 saturated heterocycles. The van der Waals surface area contributed by atoms with Crippen molar-refractivity contribution in [1.82, 2.24) is 39.5 Å². The van der Waals surface area contributed by atoms with E-state index in [0.717, 1.165) is 33.7 Å². The summed E-state index contributed by atoms with van der Waals surface area (Å²) >= 11 is 1.60. The van der Waals surface area contributed by atoms with Crippen LogP contribution in [0.5, 0.6) is 0 Å². The lowest BCUT2D eigenvalue weighted by Gasteiger charge is -2.07. The first-order valence-electron chi connectivity index (χ1n) is 13.3. The minimum absolute atomic E-state index is 0.0316. The largest absolute Gasteiger partial charge is 0.433 e. The van der Waals surface area contributed by atoms with Crippen LogP contribution in [0.2, 0.25) is 0 Å². The molecule has 0 N–H and O–H groups in total. The smallest absolute Gasteiger partial charge is 0.251 e. The van der Waals surface area contributed by atoms with Gasteiger partial charge in [-0.15, -0.1) is 11.8 Å². The van der Waals surface area contributed by atoms with Gasteiger partial charge in [-0.1, -0.05) is 13.8 Å². The highest BCUT2D eigenvalue weighted by Gasteiger charge is 2.34. The molecule has 6 aromatic heterocycles. The van der Waals surface area contributed by atoms with Gasteiger partial charge in [-0.3, -0.25) is 9.97 Å². The van der Waals surface area contributed by atoms with Crippen LogP contribution in [0.25, 0.3) is 33.4 Å². The van der Waals surface area contributed by atoms with Crippen LogP contribution < -0.4 is 0 Å². The van der Waals surface area contributed by atoms with Crippen molar-refractivity contribution in [3.63, 3.8) is 0 Å². The molecule has 0 fully saturated rings. The second-order valence-corrected chi connectivity index (χ2v) is 12.9. The third kappa shape index (κ3) is 6.96. The molecule has 0 amide bonds. The van der Waals surface area contributed by atoms with Crippen molar-refractivity contribution < 1.29 is 34.8 Å². The Morgan fingerprint density at radius 1 is 0.739 bits per heavy atom. The summed E-state index contributed by atoms with van der Waals surface area (Å²) in [4.78, 5) is 16.0. The molecule has 0 atom stereocenters. The van der Waals surface area contributed by atoms with Crippen LogP contribution in [0.1, 0.15) is 25.2 Å². The van der Waals surface area contributed by atoms with E-state index in [1.54, 1.807) is 24.2 Å². The van der Waals surface area contributed by atoms with Gasteiger partial charge in [0.1, 0.15) is 16.3 Å². The summed E-state index contributed by atoms with van der Waals surface area (Å²) in [6, 6.07) is 8.33. The zero-order valence-electron chi connectivity index (χ0n) is 23.8. The van der Waals surface area contributed by atoms with Gasteiger partial charge >= 0.3 is 12.4 Å². The molecule has 10 nitrogen and oxygen atoms in total. The number of nitrogens with zero attached hydrogens (tertiary/aromatic N) is 8. The van der Waals surface area contributed by atoms with Crippen LogP contribution in [0.4, 0.5) is 26.3 Å². The first-order valence-corrected chi connectivity index (χ1v) is 16.0. The molecule has 18 heteroatoms. The number of pyridine rings is 4. The predicted octanol–water partition coefficient (Wildman–Crippen LogP) is 6.57. The molecule has 0 unspecified atom stereocenters. The van der Waals surface area contributed by atoms with E-state index in [2.05, 4.69) is 30.1 Å². The van der Waals surface area contributed by atoms with E-state index in [1.165, 1.54) is 42.3 Å². The molecule has 0 aliphatic heterocycles. The summed E-state index contributed by atoms with van der Waals surface area (Å²) in [5.74, 6) is 1.36. The molecular weight excluding hydrogens is 658 g/mol. The number of sulfone groups is 1. The zero-order valence-corrected chi connectivity index (χ0v) is 25.5. The van der Waals surface area contributed by atoms with Crippen molar-refractivity contribution in [1.29, 1.82) is 0 Å². The monoisotopic (exact) mass is 680 g/mol. The van der Waals surface area contributed by atoms with Gasteiger partial charge in [0.05, 0.1) is 21.7 Å². The molecule has 0 aromatic carbocycles. The maximum Gasteiger partial charge on any atom is 0.433 e. The summed E-state index contributed by atoms with van der Waals surface area (Å²) < 4.78 is 103. The highest BCUT2D eigenvalue weighted by Crippen LogP contribution is 2.31. The Bertz CT molecular complexity index is 2130. The standard InChI is InChI=1S/C14H11F3N4O2S.C14H11F3N4S/c1-2-24(22,23)11-4-3-5-18-13(11)21-8-9-7-19-12(14(15,16)17)6-10(9)20-21;1-2-22-11-4-3-5-18-13(11)21-8-9-7-19-12(14(15,16)17)6-10(9)20-21/h3-8H,2H2,1H3;3-8H,2H2,1H3. The molecule has 6 heterocycles. The number of halogens is 6.